The first-order valence-corrected chi connectivity index (χ1v) is 6.38. The number of carbonyl (C=O) groups excluding carboxylic acids is 1. The highest BCUT2D eigenvalue weighted by Gasteiger charge is 2.73. The van der Waals surface area contributed by atoms with Crippen molar-refractivity contribution in [2.75, 3.05) is 7.05 Å². The molecule has 0 aromatic carbocycles. The Morgan fingerprint density at radius 3 is 2.37 bits per heavy atom. The van der Waals surface area contributed by atoms with Crippen LogP contribution in [-0.2, 0) is 4.84 Å². The number of hydrogen-bond acceptors (Lipinski definition) is 4. The summed E-state index contributed by atoms with van der Waals surface area (Å²) in [6.45, 7) is 3.38. The maximum absolute atomic E-state index is 13.3. The molecule has 0 bridgehead atoms. The molecule has 0 spiro atoms. The lowest BCUT2D eigenvalue weighted by molar-refractivity contribution is -0.295. The van der Waals surface area contributed by atoms with E-state index < -0.39 is 30.3 Å². The van der Waals surface area contributed by atoms with Crippen molar-refractivity contribution >= 4 is 22.9 Å². The molecule has 1 amide bonds. The second-order valence-electron chi connectivity index (χ2n) is 4.31. The standard InChI is InChI=1S/C10H14F4N2O2S/c1-5(2)19-7(16-18-8(17)15-3)6-4-9(11,12)10(6,13)14/h5-6H,4H2,1-3H3,(H,15,17). The smallest absolute Gasteiger partial charge is 0.323 e. The van der Waals surface area contributed by atoms with Crippen molar-refractivity contribution in [2.24, 2.45) is 11.1 Å². The lowest BCUT2D eigenvalue weighted by atomic mass is 9.77. The fourth-order valence-electron chi connectivity index (χ4n) is 1.43. The fourth-order valence-corrected chi connectivity index (χ4v) is 2.39. The summed E-state index contributed by atoms with van der Waals surface area (Å²) in [5.74, 6) is -9.93. The van der Waals surface area contributed by atoms with E-state index in [4.69, 9.17) is 0 Å². The average molecular weight is 302 g/mol. The minimum absolute atomic E-state index is 0.155. The first-order chi connectivity index (χ1) is 8.61. The van der Waals surface area contributed by atoms with Gasteiger partial charge >= 0.3 is 17.9 Å². The Morgan fingerprint density at radius 1 is 1.42 bits per heavy atom. The number of nitrogens with one attached hydrogen (secondary N) is 1. The maximum atomic E-state index is 13.3. The van der Waals surface area contributed by atoms with Gasteiger partial charge in [0.15, 0.2) is 0 Å². The normalized spacial score (nSPS) is 24.8. The third kappa shape index (κ3) is 3.31. The van der Waals surface area contributed by atoms with Crippen LogP contribution in [0.4, 0.5) is 22.4 Å². The Kier molecular flexibility index (Phi) is 4.70. The molecular formula is C10H14F4N2O2S. The van der Waals surface area contributed by atoms with Crippen LogP contribution < -0.4 is 5.32 Å². The van der Waals surface area contributed by atoms with Gasteiger partial charge in [-0.1, -0.05) is 19.0 Å². The summed E-state index contributed by atoms with van der Waals surface area (Å²) in [6, 6.07) is 0. The van der Waals surface area contributed by atoms with E-state index in [1.807, 2.05) is 0 Å². The second kappa shape index (κ2) is 5.56. The zero-order valence-corrected chi connectivity index (χ0v) is 11.4. The first kappa shape index (κ1) is 16.1. The van der Waals surface area contributed by atoms with Gasteiger partial charge in [-0.2, -0.15) is 17.6 Å². The molecule has 1 atom stereocenters. The lowest BCUT2D eigenvalue weighted by Crippen LogP contribution is -2.61. The fraction of sp³-hybridized carbons (Fsp3) is 0.800. The molecule has 0 aliphatic heterocycles. The molecule has 0 aromatic rings. The van der Waals surface area contributed by atoms with Gasteiger partial charge in [0, 0.05) is 18.7 Å². The van der Waals surface area contributed by atoms with Gasteiger partial charge in [-0.25, -0.2) is 4.79 Å². The van der Waals surface area contributed by atoms with Crippen molar-refractivity contribution in [3.8, 4) is 0 Å². The summed E-state index contributed by atoms with van der Waals surface area (Å²) in [5, 5.41) is 4.89. The van der Waals surface area contributed by atoms with Crippen LogP contribution in [0.1, 0.15) is 20.3 Å². The molecule has 0 heterocycles. The van der Waals surface area contributed by atoms with E-state index in [-0.39, 0.29) is 10.3 Å². The van der Waals surface area contributed by atoms with Crippen LogP contribution in [0, 0.1) is 5.92 Å². The number of rotatable bonds is 3. The van der Waals surface area contributed by atoms with Crippen LogP contribution >= 0.6 is 11.8 Å². The summed E-state index contributed by atoms with van der Waals surface area (Å²) in [4.78, 5) is 15.1. The number of amides is 1. The van der Waals surface area contributed by atoms with Crippen LogP contribution in [0.3, 0.4) is 0 Å². The van der Waals surface area contributed by atoms with Crippen molar-refractivity contribution in [2.45, 2.75) is 37.4 Å². The van der Waals surface area contributed by atoms with Gasteiger partial charge in [-0.3, -0.25) is 4.84 Å². The topological polar surface area (TPSA) is 50.7 Å². The lowest BCUT2D eigenvalue weighted by Gasteiger charge is -2.43. The van der Waals surface area contributed by atoms with Crippen LogP contribution in [0.15, 0.2) is 5.16 Å². The molecule has 0 saturated heterocycles. The van der Waals surface area contributed by atoms with E-state index in [0.29, 0.717) is 0 Å². The van der Waals surface area contributed by atoms with Crippen molar-refractivity contribution in [1.82, 2.24) is 5.32 Å². The quantitative estimate of drug-likeness (QED) is 0.286. The van der Waals surface area contributed by atoms with Crippen LogP contribution in [-0.4, -0.2) is 35.3 Å². The number of halogens is 4. The molecule has 1 unspecified atom stereocenters. The van der Waals surface area contributed by atoms with Gasteiger partial charge in [0.2, 0.25) is 0 Å². The van der Waals surface area contributed by atoms with Crippen molar-refractivity contribution in [3.63, 3.8) is 0 Å². The monoisotopic (exact) mass is 302 g/mol. The Balaban J connectivity index is 2.85. The second-order valence-corrected chi connectivity index (χ2v) is 5.91. The predicted molar refractivity (Wildman–Crippen MR) is 63.7 cm³/mol. The van der Waals surface area contributed by atoms with Crippen molar-refractivity contribution < 1.29 is 27.2 Å². The number of carbonyl (C=O) groups is 1. The van der Waals surface area contributed by atoms with Gasteiger partial charge in [-0.05, 0) is 0 Å². The average Bonchev–Trinajstić information content (AvgIpc) is 2.30. The Labute approximate surface area is 111 Å². The molecule has 1 saturated carbocycles. The molecule has 1 rings (SSSR count). The van der Waals surface area contributed by atoms with E-state index in [1.54, 1.807) is 13.8 Å². The highest BCUT2D eigenvalue weighted by atomic mass is 32.2. The number of hydrogen-bond donors (Lipinski definition) is 1. The van der Waals surface area contributed by atoms with Crippen LogP contribution in [0.25, 0.3) is 0 Å². The summed E-state index contributed by atoms with van der Waals surface area (Å²) in [7, 11) is 1.26. The molecule has 1 fully saturated rings. The van der Waals surface area contributed by atoms with Crippen LogP contribution in [0.5, 0.6) is 0 Å². The third-order valence-corrected chi connectivity index (χ3v) is 3.53. The van der Waals surface area contributed by atoms with Gasteiger partial charge in [0.25, 0.3) is 0 Å². The molecule has 9 heteroatoms. The summed E-state index contributed by atoms with van der Waals surface area (Å²) in [5.41, 5.74) is 0. The van der Waals surface area contributed by atoms with E-state index in [9.17, 15) is 22.4 Å². The molecule has 110 valence electrons. The minimum Gasteiger partial charge on any atom is -0.323 e. The zero-order valence-electron chi connectivity index (χ0n) is 10.5. The molecule has 1 N–H and O–H groups in total. The highest BCUT2D eigenvalue weighted by molar-refractivity contribution is 8.14. The van der Waals surface area contributed by atoms with Gasteiger partial charge in [0.1, 0.15) is 5.04 Å². The van der Waals surface area contributed by atoms with E-state index >= 15 is 0 Å². The number of thioether (sulfide) groups is 1. The summed E-state index contributed by atoms with van der Waals surface area (Å²) >= 11 is 0.871. The Hall–Kier alpha value is -0.990. The molecule has 0 radical (unpaired) electrons. The Morgan fingerprint density at radius 2 is 2.00 bits per heavy atom. The number of nitrogens with zero attached hydrogens (tertiary/aromatic N) is 1. The van der Waals surface area contributed by atoms with Gasteiger partial charge in [0.05, 0.1) is 5.92 Å². The molecule has 4 nitrogen and oxygen atoms in total. The van der Waals surface area contributed by atoms with Crippen molar-refractivity contribution in [1.29, 1.82) is 0 Å². The largest absolute Gasteiger partial charge is 0.433 e. The Bertz CT molecular complexity index is 388. The molecule has 1 aliphatic rings. The molecule has 19 heavy (non-hydrogen) atoms. The van der Waals surface area contributed by atoms with E-state index in [2.05, 4.69) is 15.3 Å². The SMILES string of the molecule is CNC(=O)ON=C(SC(C)C)C1CC(F)(F)C1(F)F. The highest BCUT2D eigenvalue weighted by Crippen LogP contribution is 2.57. The summed E-state index contributed by atoms with van der Waals surface area (Å²) in [6.07, 6.45) is -1.95. The van der Waals surface area contributed by atoms with Gasteiger partial charge < -0.3 is 5.32 Å². The third-order valence-electron chi connectivity index (χ3n) is 2.46. The van der Waals surface area contributed by atoms with Crippen LogP contribution in [0.2, 0.25) is 0 Å². The number of alkyl halides is 4. The van der Waals surface area contributed by atoms with E-state index in [1.165, 1.54) is 7.05 Å². The molecule has 0 aromatic heterocycles. The first-order valence-electron chi connectivity index (χ1n) is 5.50. The predicted octanol–water partition coefficient (Wildman–Crippen LogP) is 3.09. The van der Waals surface area contributed by atoms with E-state index in [0.717, 1.165) is 11.8 Å². The minimum atomic E-state index is -4.17. The zero-order chi connectivity index (χ0) is 14.8. The summed E-state index contributed by atoms with van der Waals surface area (Å²) < 4.78 is 52.2. The molecular weight excluding hydrogens is 288 g/mol. The van der Waals surface area contributed by atoms with Gasteiger partial charge in [-0.15, -0.1) is 11.8 Å². The number of oxime groups is 1. The maximum Gasteiger partial charge on any atom is 0.433 e. The van der Waals surface area contributed by atoms with Crippen molar-refractivity contribution in [3.05, 3.63) is 0 Å². The molecule has 1 aliphatic carbocycles.